The zero-order valence-corrected chi connectivity index (χ0v) is 16.8. The molecule has 0 saturated carbocycles. The van der Waals surface area contributed by atoms with E-state index in [-0.39, 0.29) is 24.9 Å². The maximum Gasteiger partial charge on any atom is 0.257 e. The highest BCUT2D eigenvalue weighted by atomic mass is 35.5. The Morgan fingerprint density at radius 3 is 2.38 bits per heavy atom. The number of hydrogen-bond acceptors (Lipinski definition) is 3. The molecule has 1 amide bonds. The summed E-state index contributed by atoms with van der Waals surface area (Å²) in [5.41, 5.74) is 2.10. The summed E-state index contributed by atoms with van der Waals surface area (Å²) in [4.78, 5) is 14.1. The summed E-state index contributed by atoms with van der Waals surface area (Å²) in [5, 5.41) is 3.36. The van der Waals surface area contributed by atoms with E-state index in [2.05, 4.69) is 24.1 Å². The minimum Gasteiger partial charge on any atom is -0.482 e. The number of nitrogens with one attached hydrogen (secondary N) is 1. The Morgan fingerprint density at radius 1 is 1.08 bits per heavy atom. The number of amides is 1. The van der Waals surface area contributed by atoms with Crippen molar-refractivity contribution >= 4 is 29.9 Å². The smallest absolute Gasteiger partial charge is 0.257 e. The molecule has 2 aromatic rings. The van der Waals surface area contributed by atoms with Gasteiger partial charge in [-0.3, -0.25) is 4.79 Å². The molecular weight excluding hydrogens is 371 g/mol. The van der Waals surface area contributed by atoms with Gasteiger partial charge in [0.1, 0.15) is 5.75 Å². The van der Waals surface area contributed by atoms with Gasteiger partial charge in [-0.25, -0.2) is 0 Å². The van der Waals surface area contributed by atoms with Gasteiger partial charge in [-0.1, -0.05) is 61.8 Å². The van der Waals surface area contributed by atoms with E-state index in [9.17, 15) is 4.79 Å². The van der Waals surface area contributed by atoms with Gasteiger partial charge in [-0.2, -0.15) is 0 Å². The number of carbonyl (C=O) groups excluding carboxylic acids is 1. The predicted molar refractivity (Wildman–Crippen MR) is 110 cm³/mol. The number of nitrogens with zero attached hydrogens (tertiary/aromatic N) is 1. The number of benzene rings is 2. The van der Waals surface area contributed by atoms with Gasteiger partial charge in [-0.15, -0.1) is 12.4 Å². The van der Waals surface area contributed by atoms with Crippen LogP contribution in [0.3, 0.4) is 0 Å². The highest BCUT2D eigenvalue weighted by Gasteiger charge is 2.08. The Hall–Kier alpha value is -1.75. The number of rotatable bonds is 9. The summed E-state index contributed by atoms with van der Waals surface area (Å²) in [7, 11) is 0. The van der Waals surface area contributed by atoms with Gasteiger partial charge in [-0.05, 0) is 36.3 Å². The lowest BCUT2D eigenvalue weighted by Crippen LogP contribution is -2.36. The normalized spacial score (nSPS) is 10.3. The second-order valence-corrected chi connectivity index (χ2v) is 6.08. The van der Waals surface area contributed by atoms with Crippen LogP contribution in [0.1, 0.15) is 13.8 Å². The lowest BCUT2D eigenvalue weighted by atomic mass is 10.1. The molecule has 2 aromatic carbocycles. The third-order valence-corrected chi connectivity index (χ3v) is 4.34. The topological polar surface area (TPSA) is 41.6 Å². The van der Waals surface area contributed by atoms with Gasteiger partial charge in [0, 0.05) is 13.1 Å². The molecule has 0 aliphatic heterocycles. The SMILES string of the molecule is CCN(CC)CCNC(=O)COc1ccc(-c2ccccc2)cc1Cl.Cl. The summed E-state index contributed by atoms with van der Waals surface area (Å²) in [6.07, 6.45) is 0. The van der Waals surface area contributed by atoms with Crippen LogP contribution >= 0.6 is 24.0 Å². The van der Waals surface area contributed by atoms with Crippen LogP contribution in [-0.4, -0.2) is 43.6 Å². The monoisotopic (exact) mass is 396 g/mol. The van der Waals surface area contributed by atoms with E-state index < -0.39 is 0 Å². The van der Waals surface area contributed by atoms with Crippen LogP contribution in [0.4, 0.5) is 0 Å². The summed E-state index contributed by atoms with van der Waals surface area (Å²) in [5.74, 6) is 0.371. The molecule has 0 fully saturated rings. The van der Waals surface area contributed by atoms with Gasteiger partial charge >= 0.3 is 0 Å². The number of carbonyl (C=O) groups is 1. The van der Waals surface area contributed by atoms with Crippen molar-refractivity contribution in [1.82, 2.24) is 10.2 Å². The first-order valence-corrected chi connectivity index (χ1v) is 8.98. The zero-order valence-electron chi connectivity index (χ0n) is 15.2. The van der Waals surface area contributed by atoms with Crippen molar-refractivity contribution in [2.45, 2.75) is 13.8 Å². The average Bonchev–Trinajstić information content (AvgIpc) is 2.65. The van der Waals surface area contributed by atoms with Gasteiger partial charge in [0.05, 0.1) is 5.02 Å². The molecule has 2 rings (SSSR count). The van der Waals surface area contributed by atoms with E-state index in [1.54, 1.807) is 6.07 Å². The second-order valence-electron chi connectivity index (χ2n) is 5.68. The standard InChI is InChI=1S/C20H25ClN2O2.ClH/c1-3-23(4-2)13-12-22-20(24)15-25-19-11-10-17(14-18(19)21)16-8-6-5-7-9-16;/h5-11,14H,3-4,12-13,15H2,1-2H3,(H,22,24);1H. The first-order valence-electron chi connectivity index (χ1n) is 8.60. The maximum atomic E-state index is 11.9. The van der Waals surface area contributed by atoms with Crippen molar-refractivity contribution in [2.75, 3.05) is 32.8 Å². The fourth-order valence-corrected chi connectivity index (χ4v) is 2.75. The van der Waals surface area contributed by atoms with Crippen LogP contribution in [0.2, 0.25) is 5.02 Å². The van der Waals surface area contributed by atoms with Crippen LogP contribution in [0.5, 0.6) is 5.75 Å². The van der Waals surface area contributed by atoms with Gasteiger partial charge in [0.2, 0.25) is 0 Å². The summed E-state index contributed by atoms with van der Waals surface area (Å²) in [6.45, 7) is 7.59. The molecule has 1 N–H and O–H groups in total. The Morgan fingerprint density at radius 2 is 1.77 bits per heavy atom. The number of ether oxygens (including phenoxy) is 1. The molecule has 0 radical (unpaired) electrons. The molecule has 0 unspecified atom stereocenters. The van der Waals surface area contributed by atoms with Gasteiger partial charge in [0.15, 0.2) is 6.61 Å². The van der Waals surface area contributed by atoms with Crippen LogP contribution < -0.4 is 10.1 Å². The third kappa shape index (κ3) is 6.87. The second kappa shape index (κ2) is 11.8. The van der Waals surface area contributed by atoms with E-state index >= 15 is 0 Å². The van der Waals surface area contributed by atoms with Crippen molar-refractivity contribution in [3.05, 3.63) is 53.6 Å². The van der Waals surface area contributed by atoms with E-state index in [0.29, 0.717) is 17.3 Å². The van der Waals surface area contributed by atoms with Crippen molar-refractivity contribution in [1.29, 1.82) is 0 Å². The molecule has 0 saturated heterocycles. The van der Waals surface area contributed by atoms with E-state index in [1.165, 1.54) is 0 Å². The number of hydrogen-bond donors (Lipinski definition) is 1. The van der Waals surface area contributed by atoms with Crippen LogP contribution in [0, 0.1) is 0 Å². The molecule has 0 bridgehead atoms. The van der Waals surface area contributed by atoms with Crippen molar-refractivity contribution < 1.29 is 9.53 Å². The zero-order chi connectivity index (χ0) is 18.1. The quantitative estimate of drug-likeness (QED) is 0.687. The summed E-state index contributed by atoms with van der Waals surface area (Å²) >= 11 is 6.28. The predicted octanol–water partition coefficient (Wildman–Crippen LogP) is 4.27. The van der Waals surface area contributed by atoms with Crippen molar-refractivity contribution in [2.24, 2.45) is 0 Å². The molecule has 0 heterocycles. The highest BCUT2D eigenvalue weighted by molar-refractivity contribution is 6.32. The van der Waals surface area contributed by atoms with Crippen LogP contribution in [0.15, 0.2) is 48.5 Å². The van der Waals surface area contributed by atoms with Gasteiger partial charge in [0.25, 0.3) is 5.91 Å². The van der Waals surface area contributed by atoms with E-state index in [1.807, 2.05) is 42.5 Å². The highest BCUT2D eigenvalue weighted by Crippen LogP contribution is 2.30. The first kappa shape index (κ1) is 22.3. The van der Waals surface area contributed by atoms with Crippen LogP contribution in [-0.2, 0) is 4.79 Å². The first-order chi connectivity index (χ1) is 12.1. The minimum absolute atomic E-state index is 0. The largest absolute Gasteiger partial charge is 0.482 e. The molecule has 6 heteroatoms. The van der Waals surface area contributed by atoms with Gasteiger partial charge < -0.3 is 15.0 Å². The molecule has 26 heavy (non-hydrogen) atoms. The molecule has 0 aromatic heterocycles. The van der Waals surface area contributed by atoms with E-state index in [0.717, 1.165) is 30.8 Å². The molecular formula is C20H26Cl2N2O2. The third-order valence-electron chi connectivity index (χ3n) is 4.04. The Labute approximate surface area is 166 Å². The fraction of sp³-hybridized carbons (Fsp3) is 0.350. The summed E-state index contributed by atoms with van der Waals surface area (Å²) < 4.78 is 5.54. The molecule has 142 valence electrons. The number of likely N-dealkylation sites (N-methyl/N-ethyl adjacent to an activating group) is 1. The molecule has 0 atom stereocenters. The maximum absolute atomic E-state index is 11.9. The Bertz CT molecular complexity index is 677. The molecule has 4 nitrogen and oxygen atoms in total. The minimum atomic E-state index is -0.143. The Kier molecular flexibility index (Phi) is 10.1. The summed E-state index contributed by atoms with van der Waals surface area (Å²) in [6, 6.07) is 15.6. The molecule has 0 aliphatic rings. The fourth-order valence-electron chi connectivity index (χ4n) is 2.52. The van der Waals surface area contributed by atoms with Crippen molar-refractivity contribution in [3.8, 4) is 16.9 Å². The van der Waals surface area contributed by atoms with Crippen LogP contribution in [0.25, 0.3) is 11.1 Å². The lowest BCUT2D eigenvalue weighted by Gasteiger charge is -2.18. The average molecular weight is 397 g/mol. The molecule has 0 aliphatic carbocycles. The lowest BCUT2D eigenvalue weighted by molar-refractivity contribution is -0.123. The Balaban J connectivity index is 0.00000338. The number of halogens is 2. The molecule has 0 spiro atoms. The van der Waals surface area contributed by atoms with Crippen molar-refractivity contribution in [3.63, 3.8) is 0 Å². The van der Waals surface area contributed by atoms with E-state index in [4.69, 9.17) is 16.3 Å².